The van der Waals surface area contributed by atoms with Gasteiger partial charge in [-0.3, -0.25) is 0 Å². The highest BCUT2D eigenvalue weighted by atomic mass is 28.3. The van der Waals surface area contributed by atoms with Crippen molar-refractivity contribution in [3.63, 3.8) is 0 Å². The molecule has 0 aromatic heterocycles. The van der Waals surface area contributed by atoms with Gasteiger partial charge in [-0.1, -0.05) is 81.1 Å². The summed E-state index contributed by atoms with van der Waals surface area (Å²) in [5.74, 6) is 0. The fourth-order valence-electron chi connectivity index (χ4n) is 2.94. The molecule has 82 valence electrons. The van der Waals surface area contributed by atoms with Crippen LogP contribution in [0, 0.1) is 0 Å². The van der Waals surface area contributed by atoms with Crippen LogP contribution in [0.2, 0.25) is 11.6 Å². The molecular formula is C14H22Si. The molecule has 0 bridgehead atoms. The lowest BCUT2D eigenvalue weighted by Crippen LogP contribution is -2.39. The highest BCUT2D eigenvalue weighted by Crippen LogP contribution is 2.44. The molecule has 0 aliphatic heterocycles. The van der Waals surface area contributed by atoms with Gasteiger partial charge in [0.2, 0.25) is 0 Å². The molecule has 0 nitrogen and oxygen atoms in total. The maximum Gasteiger partial charge on any atom is 0.0736 e. The topological polar surface area (TPSA) is 0 Å². The number of hydrogen-bond donors (Lipinski definition) is 0. The van der Waals surface area contributed by atoms with Gasteiger partial charge in [0, 0.05) is 0 Å². The Hall–Kier alpha value is -0.563. The summed E-state index contributed by atoms with van der Waals surface area (Å²) in [6.45, 7) is 5.08. The molecule has 1 aliphatic carbocycles. The van der Waals surface area contributed by atoms with Crippen LogP contribution in [-0.2, 0) is 0 Å². The molecule has 0 amide bonds. The predicted molar refractivity (Wildman–Crippen MR) is 70.5 cm³/mol. The van der Waals surface area contributed by atoms with Crippen LogP contribution in [0.25, 0.3) is 0 Å². The first-order valence-corrected chi connectivity index (χ1v) is 8.58. The molecule has 1 heteroatoms. The molecule has 1 unspecified atom stereocenters. The van der Waals surface area contributed by atoms with Crippen LogP contribution >= 0.6 is 0 Å². The Bertz CT molecular complexity index is 298. The van der Waals surface area contributed by atoms with Crippen LogP contribution < -0.4 is 5.19 Å². The molecule has 0 heterocycles. The molecule has 0 saturated heterocycles. The van der Waals surface area contributed by atoms with E-state index in [1.807, 2.05) is 0 Å². The summed E-state index contributed by atoms with van der Waals surface area (Å²) in [5.41, 5.74) is 0. The van der Waals surface area contributed by atoms with Gasteiger partial charge < -0.3 is 0 Å². The van der Waals surface area contributed by atoms with Crippen LogP contribution in [0.5, 0.6) is 0 Å². The fourth-order valence-corrected chi connectivity index (χ4v) is 5.82. The number of hydrogen-bond acceptors (Lipinski definition) is 0. The minimum Gasteiger partial charge on any atom is -0.0676 e. The van der Waals surface area contributed by atoms with E-state index in [1.165, 1.54) is 32.1 Å². The summed E-state index contributed by atoms with van der Waals surface area (Å²) in [5, 5.41) is 2.33. The summed E-state index contributed by atoms with van der Waals surface area (Å²) in [4.78, 5) is 0. The predicted octanol–water partition coefficient (Wildman–Crippen LogP) is 3.47. The van der Waals surface area contributed by atoms with E-state index < -0.39 is 8.80 Å². The zero-order chi connectivity index (χ0) is 10.7. The highest BCUT2D eigenvalue weighted by molar-refractivity contribution is 6.74. The van der Waals surface area contributed by atoms with Crippen molar-refractivity contribution in [3.05, 3.63) is 30.3 Å². The number of benzene rings is 1. The Balaban J connectivity index is 2.16. The van der Waals surface area contributed by atoms with Gasteiger partial charge in [-0.2, -0.15) is 0 Å². The molecule has 0 spiro atoms. The van der Waals surface area contributed by atoms with E-state index in [2.05, 4.69) is 43.8 Å². The molecule has 1 aliphatic rings. The Labute approximate surface area is 95.3 Å². The van der Waals surface area contributed by atoms with E-state index in [1.54, 1.807) is 5.19 Å². The van der Waals surface area contributed by atoms with Gasteiger partial charge in [0.05, 0.1) is 8.80 Å². The third-order valence-electron chi connectivity index (χ3n) is 4.34. The highest BCUT2D eigenvalue weighted by Gasteiger charge is 2.34. The maximum absolute atomic E-state index is 2.54. The second kappa shape index (κ2) is 4.52. The van der Waals surface area contributed by atoms with Gasteiger partial charge in [-0.05, 0) is 5.04 Å². The van der Waals surface area contributed by atoms with Gasteiger partial charge in [0.1, 0.15) is 0 Å². The second-order valence-corrected chi connectivity index (χ2v) is 8.85. The third-order valence-corrected chi connectivity index (χ3v) is 8.39. The van der Waals surface area contributed by atoms with E-state index in [4.69, 9.17) is 0 Å². The van der Waals surface area contributed by atoms with Gasteiger partial charge in [0.25, 0.3) is 0 Å². The average Bonchev–Trinajstić information content (AvgIpc) is 2.30. The smallest absolute Gasteiger partial charge is 0.0676 e. The summed E-state index contributed by atoms with van der Waals surface area (Å²) in [6, 6.07) is 11.2. The minimum atomic E-state index is -0.757. The normalized spacial score (nSPS) is 22.3. The summed E-state index contributed by atoms with van der Waals surface area (Å²) < 4.78 is 0. The van der Waals surface area contributed by atoms with Crippen LogP contribution in [0.3, 0.4) is 0 Å². The lowest BCUT2D eigenvalue weighted by atomic mass is 9.90. The van der Waals surface area contributed by atoms with Crippen molar-refractivity contribution in [1.29, 1.82) is 0 Å². The van der Waals surface area contributed by atoms with Crippen molar-refractivity contribution in [2.24, 2.45) is 0 Å². The molecular weight excluding hydrogens is 196 g/mol. The van der Waals surface area contributed by atoms with E-state index in [9.17, 15) is 0 Å². The Morgan fingerprint density at radius 2 is 1.60 bits per heavy atom. The standard InChI is InChI=1S/C14H22Si/c1-14(11-7-4-8-12-14)15(2)13-9-5-3-6-10-13/h3,5-6,9-10,15H,4,7-8,11-12H2,1-2H3. The van der Waals surface area contributed by atoms with Crippen molar-refractivity contribution < 1.29 is 0 Å². The van der Waals surface area contributed by atoms with Gasteiger partial charge >= 0.3 is 0 Å². The lowest BCUT2D eigenvalue weighted by Gasteiger charge is -2.38. The van der Waals surface area contributed by atoms with Crippen molar-refractivity contribution in [3.8, 4) is 0 Å². The first kappa shape index (κ1) is 10.9. The maximum atomic E-state index is 2.54. The van der Waals surface area contributed by atoms with Crippen molar-refractivity contribution in [2.75, 3.05) is 0 Å². The molecule has 1 aromatic carbocycles. The monoisotopic (exact) mass is 218 g/mol. The lowest BCUT2D eigenvalue weighted by molar-refractivity contribution is 0.396. The van der Waals surface area contributed by atoms with Crippen molar-refractivity contribution in [1.82, 2.24) is 0 Å². The summed E-state index contributed by atoms with van der Waals surface area (Å²) in [7, 11) is -0.757. The van der Waals surface area contributed by atoms with E-state index in [0.29, 0.717) is 5.04 Å². The molecule has 1 atom stereocenters. The van der Waals surface area contributed by atoms with Gasteiger partial charge in [0.15, 0.2) is 0 Å². The first-order valence-electron chi connectivity index (χ1n) is 6.27. The molecule has 1 aromatic rings. The average molecular weight is 218 g/mol. The quantitative estimate of drug-likeness (QED) is 0.667. The molecule has 1 saturated carbocycles. The molecule has 0 radical (unpaired) electrons. The van der Waals surface area contributed by atoms with E-state index in [0.717, 1.165) is 0 Å². The fraction of sp³-hybridized carbons (Fsp3) is 0.571. The summed E-state index contributed by atoms with van der Waals surface area (Å²) in [6.07, 6.45) is 7.32. The molecule has 2 rings (SSSR count). The van der Waals surface area contributed by atoms with Crippen LogP contribution in [0.1, 0.15) is 39.0 Å². The van der Waals surface area contributed by atoms with Gasteiger partial charge in [-0.25, -0.2) is 0 Å². The largest absolute Gasteiger partial charge is 0.0736 e. The van der Waals surface area contributed by atoms with Gasteiger partial charge in [-0.15, -0.1) is 0 Å². The summed E-state index contributed by atoms with van der Waals surface area (Å²) >= 11 is 0. The van der Waals surface area contributed by atoms with Crippen molar-refractivity contribution >= 4 is 14.0 Å². The minimum absolute atomic E-state index is 0.680. The Morgan fingerprint density at radius 1 is 1.00 bits per heavy atom. The number of rotatable bonds is 2. The van der Waals surface area contributed by atoms with Crippen LogP contribution in [-0.4, -0.2) is 8.80 Å². The van der Waals surface area contributed by atoms with Crippen LogP contribution in [0.4, 0.5) is 0 Å². The molecule has 1 fully saturated rings. The molecule has 15 heavy (non-hydrogen) atoms. The van der Waals surface area contributed by atoms with E-state index >= 15 is 0 Å². The second-order valence-electron chi connectivity index (χ2n) is 5.35. The molecule has 0 N–H and O–H groups in total. The van der Waals surface area contributed by atoms with Crippen molar-refractivity contribution in [2.45, 2.75) is 50.6 Å². The first-order chi connectivity index (χ1) is 7.22. The third kappa shape index (κ3) is 2.33. The zero-order valence-corrected chi connectivity index (χ0v) is 11.2. The Morgan fingerprint density at radius 3 is 2.20 bits per heavy atom. The SMILES string of the molecule is C[SiH](c1ccccc1)C1(C)CCCCC1. The zero-order valence-electron chi connectivity index (χ0n) is 10.00. The van der Waals surface area contributed by atoms with E-state index in [-0.39, 0.29) is 0 Å². The van der Waals surface area contributed by atoms with Crippen LogP contribution in [0.15, 0.2) is 30.3 Å². The Kier molecular flexibility index (Phi) is 3.30.